The average molecular weight is 257 g/mol. The van der Waals surface area contributed by atoms with E-state index in [2.05, 4.69) is 25.3 Å². The molecule has 0 bridgehead atoms. The summed E-state index contributed by atoms with van der Waals surface area (Å²) < 4.78 is 5.41. The molecule has 1 atom stereocenters. The van der Waals surface area contributed by atoms with Gasteiger partial charge < -0.3 is 4.74 Å². The fourth-order valence-electron chi connectivity index (χ4n) is 1.82. The molecule has 1 aromatic carbocycles. The molecule has 17 heavy (non-hydrogen) atoms. The second-order valence-corrected chi connectivity index (χ2v) is 5.30. The second-order valence-electron chi connectivity index (χ2n) is 4.87. The van der Waals surface area contributed by atoms with Crippen molar-refractivity contribution in [1.82, 2.24) is 5.43 Å². The fraction of sp³-hybridized carbons (Fsp3) is 0.538. The van der Waals surface area contributed by atoms with Crippen LogP contribution in [0.15, 0.2) is 24.3 Å². The van der Waals surface area contributed by atoms with Crippen molar-refractivity contribution in [3.63, 3.8) is 0 Å². The molecular formula is C13H21ClN2O. The molecular weight excluding hydrogens is 236 g/mol. The summed E-state index contributed by atoms with van der Waals surface area (Å²) in [6.45, 7) is 4.10. The van der Waals surface area contributed by atoms with E-state index in [0.29, 0.717) is 0 Å². The third-order valence-electron chi connectivity index (χ3n) is 2.90. The molecule has 0 fully saturated rings. The van der Waals surface area contributed by atoms with Crippen LogP contribution in [0.25, 0.3) is 0 Å². The van der Waals surface area contributed by atoms with E-state index in [0.717, 1.165) is 17.9 Å². The first-order valence-corrected chi connectivity index (χ1v) is 6.10. The van der Waals surface area contributed by atoms with Crippen molar-refractivity contribution in [1.29, 1.82) is 0 Å². The molecule has 4 heteroatoms. The Kier molecular flexibility index (Phi) is 5.40. The summed E-state index contributed by atoms with van der Waals surface area (Å²) in [5.41, 5.74) is 3.83. The monoisotopic (exact) mass is 256 g/mol. The summed E-state index contributed by atoms with van der Waals surface area (Å²) in [5.74, 6) is 5.58. The Bertz CT molecular complexity index is 355. The van der Waals surface area contributed by atoms with Gasteiger partial charge in [0, 0.05) is 18.2 Å². The summed E-state index contributed by atoms with van der Waals surface area (Å²) in [5, 5.41) is 0.754. The number of hydrogen-bond acceptors (Lipinski definition) is 3. The van der Waals surface area contributed by atoms with Crippen molar-refractivity contribution in [2.45, 2.75) is 38.3 Å². The largest absolute Gasteiger partial charge is 0.379 e. The first-order chi connectivity index (χ1) is 7.96. The van der Waals surface area contributed by atoms with Crippen LogP contribution in [0.3, 0.4) is 0 Å². The first-order valence-electron chi connectivity index (χ1n) is 5.72. The second kappa shape index (κ2) is 6.36. The standard InChI is InChI=1S/C13H21ClN2O/c1-13(2,17-3)9-12(16-15)8-10-5-4-6-11(14)7-10/h4-7,12,16H,8-9,15H2,1-3H3. The number of ether oxygens (including phenoxy) is 1. The van der Waals surface area contributed by atoms with Crippen molar-refractivity contribution in [2.24, 2.45) is 5.84 Å². The van der Waals surface area contributed by atoms with E-state index < -0.39 is 0 Å². The summed E-state index contributed by atoms with van der Waals surface area (Å²) in [6.07, 6.45) is 1.68. The van der Waals surface area contributed by atoms with Crippen LogP contribution in [0.4, 0.5) is 0 Å². The van der Waals surface area contributed by atoms with Gasteiger partial charge in [-0.3, -0.25) is 11.3 Å². The summed E-state index contributed by atoms with van der Waals surface area (Å²) >= 11 is 5.96. The maximum Gasteiger partial charge on any atom is 0.0638 e. The van der Waals surface area contributed by atoms with Gasteiger partial charge in [-0.1, -0.05) is 23.7 Å². The Morgan fingerprint density at radius 1 is 1.47 bits per heavy atom. The number of benzene rings is 1. The molecule has 1 rings (SSSR count). The van der Waals surface area contributed by atoms with E-state index in [1.807, 2.05) is 18.2 Å². The van der Waals surface area contributed by atoms with E-state index in [1.165, 1.54) is 5.56 Å². The first kappa shape index (κ1) is 14.5. The molecule has 0 saturated carbocycles. The molecule has 3 N–H and O–H groups in total. The Labute approximate surface area is 108 Å². The average Bonchev–Trinajstić information content (AvgIpc) is 2.28. The summed E-state index contributed by atoms with van der Waals surface area (Å²) in [4.78, 5) is 0. The van der Waals surface area contributed by atoms with E-state index in [1.54, 1.807) is 7.11 Å². The smallest absolute Gasteiger partial charge is 0.0638 e. The Hall–Kier alpha value is -0.610. The lowest BCUT2D eigenvalue weighted by Crippen LogP contribution is -2.42. The number of hydrazine groups is 1. The van der Waals surface area contributed by atoms with Crippen LogP contribution >= 0.6 is 11.6 Å². The molecule has 1 unspecified atom stereocenters. The molecule has 0 aliphatic rings. The predicted octanol–water partition coefficient (Wildman–Crippen LogP) is 2.53. The molecule has 0 radical (unpaired) electrons. The van der Waals surface area contributed by atoms with Crippen molar-refractivity contribution >= 4 is 11.6 Å². The molecule has 0 saturated heterocycles. The Balaban J connectivity index is 2.64. The van der Waals surface area contributed by atoms with Crippen LogP contribution in [0.5, 0.6) is 0 Å². The van der Waals surface area contributed by atoms with Gasteiger partial charge in [-0.2, -0.15) is 0 Å². The SMILES string of the molecule is COC(C)(C)CC(Cc1cccc(Cl)c1)NN. The lowest BCUT2D eigenvalue weighted by Gasteiger charge is -2.28. The molecule has 0 heterocycles. The summed E-state index contributed by atoms with van der Waals surface area (Å²) in [6, 6.07) is 8.01. The van der Waals surface area contributed by atoms with Gasteiger partial charge in [-0.05, 0) is 44.4 Å². The van der Waals surface area contributed by atoms with Crippen LogP contribution in [-0.2, 0) is 11.2 Å². The highest BCUT2D eigenvalue weighted by Gasteiger charge is 2.22. The van der Waals surface area contributed by atoms with Crippen LogP contribution in [-0.4, -0.2) is 18.8 Å². The van der Waals surface area contributed by atoms with Gasteiger partial charge in [-0.25, -0.2) is 0 Å². The Morgan fingerprint density at radius 3 is 2.71 bits per heavy atom. The number of methoxy groups -OCH3 is 1. The highest BCUT2D eigenvalue weighted by molar-refractivity contribution is 6.30. The molecule has 0 amide bonds. The molecule has 0 spiro atoms. The quantitative estimate of drug-likeness (QED) is 0.607. The van der Waals surface area contributed by atoms with E-state index in [-0.39, 0.29) is 11.6 Å². The van der Waals surface area contributed by atoms with Gasteiger partial charge in [0.2, 0.25) is 0 Å². The normalized spacial score (nSPS) is 13.7. The molecule has 0 aromatic heterocycles. The van der Waals surface area contributed by atoms with Gasteiger partial charge in [0.05, 0.1) is 5.60 Å². The highest BCUT2D eigenvalue weighted by Crippen LogP contribution is 2.19. The van der Waals surface area contributed by atoms with Crippen LogP contribution in [0.1, 0.15) is 25.8 Å². The number of nitrogens with one attached hydrogen (secondary N) is 1. The van der Waals surface area contributed by atoms with Crippen molar-refractivity contribution in [2.75, 3.05) is 7.11 Å². The maximum absolute atomic E-state index is 5.96. The molecule has 0 aliphatic carbocycles. The van der Waals surface area contributed by atoms with Crippen LogP contribution < -0.4 is 11.3 Å². The molecule has 3 nitrogen and oxygen atoms in total. The number of rotatable bonds is 6. The lowest BCUT2D eigenvalue weighted by molar-refractivity contribution is 0.00711. The van der Waals surface area contributed by atoms with Crippen LogP contribution in [0.2, 0.25) is 5.02 Å². The minimum atomic E-state index is -0.185. The van der Waals surface area contributed by atoms with E-state index >= 15 is 0 Å². The third kappa shape index (κ3) is 5.04. The maximum atomic E-state index is 5.96. The fourth-order valence-corrected chi connectivity index (χ4v) is 2.03. The molecule has 96 valence electrons. The molecule has 1 aromatic rings. The zero-order valence-corrected chi connectivity index (χ0v) is 11.4. The van der Waals surface area contributed by atoms with E-state index in [4.69, 9.17) is 22.2 Å². The van der Waals surface area contributed by atoms with Crippen molar-refractivity contribution in [3.8, 4) is 0 Å². The minimum absolute atomic E-state index is 0.170. The topological polar surface area (TPSA) is 47.3 Å². The van der Waals surface area contributed by atoms with Gasteiger partial charge in [-0.15, -0.1) is 0 Å². The van der Waals surface area contributed by atoms with Gasteiger partial charge in [0.1, 0.15) is 0 Å². The zero-order chi connectivity index (χ0) is 12.9. The van der Waals surface area contributed by atoms with Gasteiger partial charge >= 0.3 is 0 Å². The van der Waals surface area contributed by atoms with Gasteiger partial charge in [0.15, 0.2) is 0 Å². The molecule has 0 aliphatic heterocycles. The number of nitrogens with two attached hydrogens (primary N) is 1. The lowest BCUT2D eigenvalue weighted by atomic mass is 9.94. The number of halogens is 1. The summed E-state index contributed by atoms with van der Waals surface area (Å²) in [7, 11) is 1.72. The van der Waals surface area contributed by atoms with E-state index in [9.17, 15) is 0 Å². The highest BCUT2D eigenvalue weighted by atomic mass is 35.5. The predicted molar refractivity (Wildman–Crippen MR) is 72.0 cm³/mol. The minimum Gasteiger partial charge on any atom is -0.379 e. The van der Waals surface area contributed by atoms with Crippen molar-refractivity contribution in [3.05, 3.63) is 34.9 Å². The number of hydrogen-bond donors (Lipinski definition) is 2. The third-order valence-corrected chi connectivity index (χ3v) is 3.13. The zero-order valence-electron chi connectivity index (χ0n) is 10.7. The van der Waals surface area contributed by atoms with Crippen molar-refractivity contribution < 1.29 is 4.74 Å². The Morgan fingerprint density at radius 2 is 2.18 bits per heavy atom. The van der Waals surface area contributed by atoms with Gasteiger partial charge in [0.25, 0.3) is 0 Å². The van der Waals surface area contributed by atoms with Crippen LogP contribution in [0, 0.1) is 0 Å².